The maximum absolute atomic E-state index is 12.1. The van der Waals surface area contributed by atoms with Crippen molar-refractivity contribution in [1.29, 1.82) is 0 Å². The number of pyridine rings is 1. The molecule has 1 amide bonds. The number of halogens is 3. The Kier molecular flexibility index (Phi) is 7.06. The Bertz CT molecular complexity index is 672. The summed E-state index contributed by atoms with van der Waals surface area (Å²) in [6.07, 6.45) is 5.60. The molecule has 1 heterocycles. The Morgan fingerprint density at radius 2 is 1.92 bits per heavy atom. The van der Waals surface area contributed by atoms with E-state index in [4.69, 9.17) is 34.8 Å². The number of aromatic nitrogens is 1. The van der Waals surface area contributed by atoms with Crippen molar-refractivity contribution < 1.29 is 4.79 Å². The van der Waals surface area contributed by atoms with E-state index in [1.165, 1.54) is 6.08 Å². The number of nitrogens with one attached hydrogen (secondary N) is 2. The highest BCUT2D eigenvalue weighted by molar-refractivity contribution is 6.68. The van der Waals surface area contributed by atoms with Crippen LogP contribution in [0.2, 0.25) is 0 Å². The second-order valence-electron chi connectivity index (χ2n) is 4.97. The molecule has 0 bridgehead atoms. The van der Waals surface area contributed by atoms with E-state index < -0.39 is 9.96 Å². The molecule has 4 nitrogen and oxygen atoms in total. The van der Waals surface area contributed by atoms with Gasteiger partial charge in [-0.25, -0.2) is 0 Å². The van der Waals surface area contributed by atoms with Crippen LogP contribution in [-0.2, 0) is 11.3 Å². The van der Waals surface area contributed by atoms with Crippen LogP contribution in [0.3, 0.4) is 0 Å². The molecule has 0 aliphatic heterocycles. The predicted octanol–water partition coefficient (Wildman–Crippen LogP) is 3.70. The number of hydrogen-bond donors (Lipinski definition) is 2. The number of benzene rings is 1. The summed E-state index contributed by atoms with van der Waals surface area (Å²) in [5.74, 6) is -0.367. The van der Waals surface area contributed by atoms with Gasteiger partial charge in [-0.05, 0) is 23.3 Å². The second-order valence-corrected chi connectivity index (χ2v) is 7.34. The van der Waals surface area contributed by atoms with Gasteiger partial charge in [-0.15, -0.1) is 0 Å². The standard InChI is InChI=1S/C17H16Cl3N3O/c18-17(19,20)16(22-12-14-7-4-10-21-11-14)23-15(24)9-8-13-5-2-1-3-6-13/h1-11,16,22H,12H2,(H,23,24). The smallest absolute Gasteiger partial charge is 0.245 e. The zero-order valence-electron chi connectivity index (χ0n) is 12.6. The summed E-state index contributed by atoms with van der Waals surface area (Å²) in [6.45, 7) is 0.398. The zero-order valence-corrected chi connectivity index (χ0v) is 14.9. The molecule has 1 atom stereocenters. The Labute approximate surface area is 155 Å². The van der Waals surface area contributed by atoms with E-state index >= 15 is 0 Å². The van der Waals surface area contributed by atoms with Crippen LogP contribution in [0.4, 0.5) is 0 Å². The van der Waals surface area contributed by atoms with Gasteiger partial charge >= 0.3 is 0 Å². The minimum Gasteiger partial charge on any atom is -0.333 e. The third-order valence-electron chi connectivity index (χ3n) is 3.07. The van der Waals surface area contributed by atoms with Crippen LogP contribution < -0.4 is 10.6 Å². The summed E-state index contributed by atoms with van der Waals surface area (Å²) in [5, 5.41) is 5.65. The van der Waals surface area contributed by atoms with Crippen molar-refractivity contribution in [2.45, 2.75) is 16.5 Å². The molecule has 0 saturated heterocycles. The topological polar surface area (TPSA) is 54.0 Å². The van der Waals surface area contributed by atoms with Crippen molar-refractivity contribution in [3.63, 3.8) is 0 Å². The normalized spacial score (nSPS) is 13.0. The van der Waals surface area contributed by atoms with Gasteiger partial charge in [-0.1, -0.05) is 71.2 Å². The molecule has 1 aromatic carbocycles. The highest BCUT2D eigenvalue weighted by Crippen LogP contribution is 2.29. The zero-order chi connectivity index (χ0) is 17.4. The molecule has 2 N–H and O–H groups in total. The van der Waals surface area contributed by atoms with Gasteiger partial charge < -0.3 is 5.32 Å². The number of alkyl halides is 3. The van der Waals surface area contributed by atoms with E-state index in [1.54, 1.807) is 18.5 Å². The fraction of sp³-hybridized carbons (Fsp3) is 0.176. The SMILES string of the molecule is O=C(C=Cc1ccccc1)NC(NCc1cccnc1)C(Cl)(Cl)Cl. The molecule has 2 aromatic rings. The molecule has 1 aromatic heterocycles. The lowest BCUT2D eigenvalue weighted by molar-refractivity contribution is -0.117. The molecule has 126 valence electrons. The minimum atomic E-state index is -1.70. The molecule has 2 rings (SSSR count). The Balaban J connectivity index is 1.95. The highest BCUT2D eigenvalue weighted by atomic mass is 35.6. The fourth-order valence-corrected chi connectivity index (χ4v) is 2.29. The number of carbonyl (C=O) groups is 1. The lowest BCUT2D eigenvalue weighted by Crippen LogP contribution is -2.52. The van der Waals surface area contributed by atoms with Crippen molar-refractivity contribution in [2.24, 2.45) is 0 Å². The molecule has 0 radical (unpaired) electrons. The molecule has 0 spiro atoms. The fourth-order valence-electron chi connectivity index (χ4n) is 1.90. The molecule has 0 fully saturated rings. The quantitative estimate of drug-likeness (QED) is 0.454. The average Bonchev–Trinajstić information content (AvgIpc) is 2.57. The van der Waals surface area contributed by atoms with Crippen molar-refractivity contribution in [1.82, 2.24) is 15.6 Å². The van der Waals surface area contributed by atoms with E-state index in [0.717, 1.165) is 11.1 Å². The highest BCUT2D eigenvalue weighted by Gasteiger charge is 2.33. The van der Waals surface area contributed by atoms with E-state index in [1.807, 2.05) is 42.5 Å². The summed E-state index contributed by atoms with van der Waals surface area (Å²) in [7, 11) is 0. The van der Waals surface area contributed by atoms with Crippen LogP contribution in [0.25, 0.3) is 6.08 Å². The maximum atomic E-state index is 12.1. The summed E-state index contributed by atoms with van der Waals surface area (Å²) >= 11 is 17.8. The summed E-state index contributed by atoms with van der Waals surface area (Å²) in [5.41, 5.74) is 1.81. The van der Waals surface area contributed by atoms with E-state index in [9.17, 15) is 4.79 Å². The Hall–Kier alpha value is -1.59. The minimum absolute atomic E-state index is 0.367. The van der Waals surface area contributed by atoms with Crippen molar-refractivity contribution in [3.8, 4) is 0 Å². The van der Waals surface area contributed by atoms with Crippen LogP contribution in [0.15, 0.2) is 60.9 Å². The van der Waals surface area contributed by atoms with Crippen LogP contribution in [0.5, 0.6) is 0 Å². The first-order chi connectivity index (χ1) is 11.4. The molecular weight excluding hydrogens is 369 g/mol. The molecule has 0 aliphatic carbocycles. The average molecular weight is 385 g/mol. The van der Waals surface area contributed by atoms with Gasteiger partial charge in [0.2, 0.25) is 9.70 Å². The second kappa shape index (κ2) is 9.04. The predicted molar refractivity (Wildman–Crippen MR) is 98.8 cm³/mol. The van der Waals surface area contributed by atoms with Gasteiger partial charge in [0.15, 0.2) is 0 Å². The van der Waals surface area contributed by atoms with E-state index in [-0.39, 0.29) is 5.91 Å². The monoisotopic (exact) mass is 383 g/mol. The number of hydrogen-bond acceptors (Lipinski definition) is 3. The van der Waals surface area contributed by atoms with Crippen LogP contribution >= 0.6 is 34.8 Å². The molecule has 7 heteroatoms. The van der Waals surface area contributed by atoms with E-state index in [2.05, 4.69) is 15.6 Å². The number of amides is 1. The molecular formula is C17H16Cl3N3O. The summed E-state index contributed by atoms with van der Waals surface area (Å²) < 4.78 is -1.70. The van der Waals surface area contributed by atoms with Gasteiger partial charge in [-0.2, -0.15) is 0 Å². The Morgan fingerprint density at radius 1 is 1.17 bits per heavy atom. The first kappa shape index (κ1) is 18.7. The van der Waals surface area contributed by atoms with Gasteiger partial charge in [0.25, 0.3) is 0 Å². The third kappa shape index (κ3) is 6.49. The number of nitrogens with zero attached hydrogens (tertiary/aromatic N) is 1. The lowest BCUT2D eigenvalue weighted by Gasteiger charge is -2.26. The van der Waals surface area contributed by atoms with Crippen LogP contribution in [0, 0.1) is 0 Å². The summed E-state index contributed by atoms with van der Waals surface area (Å²) in [6, 6.07) is 13.1. The first-order valence-corrected chi connectivity index (χ1v) is 8.31. The summed E-state index contributed by atoms with van der Waals surface area (Å²) in [4.78, 5) is 16.1. The first-order valence-electron chi connectivity index (χ1n) is 7.18. The van der Waals surface area contributed by atoms with Crippen molar-refractivity contribution in [2.75, 3.05) is 0 Å². The third-order valence-corrected chi connectivity index (χ3v) is 3.73. The van der Waals surface area contributed by atoms with Crippen LogP contribution in [0.1, 0.15) is 11.1 Å². The molecule has 0 aliphatic rings. The maximum Gasteiger partial charge on any atom is 0.245 e. The number of rotatable bonds is 6. The Morgan fingerprint density at radius 3 is 2.54 bits per heavy atom. The van der Waals surface area contributed by atoms with E-state index in [0.29, 0.717) is 6.54 Å². The van der Waals surface area contributed by atoms with Gasteiger partial charge in [-0.3, -0.25) is 15.1 Å². The largest absolute Gasteiger partial charge is 0.333 e. The van der Waals surface area contributed by atoms with Crippen LogP contribution in [-0.4, -0.2) is 20.8 Å². The molecule has 24 heavy (non-hydrogen) atoms. The van der Waals surface area contributed by atoms with Gasteiger partial charge in [0.1, 0.15) is 6.17 Å². The number of carbonyl (C=O) groups excluding carboxylic acids is 1. The lowest BCUT2D eigenvalue weighted by atomic mass is 10.2. The van der Waals surface area contributed by atoms with Crippen molar-refractivity contribution in [3.05, 3.63) is 72.1 Å². The van der Waals surface area contributed by atoms with Gasteiger partial charge in [0, 0.05) is 25.0 Å². The van der Waals surface area contributed by atoms with Gasteiger partial charge in [0.05, 0.1) is 0 Å². The molecule has 1 unspecified atom stereocenters. The molecule has 0 saturated carbocycles. The van der Waals surface area contributed by atoms with Crippen molar-refractivity contribution >= 4 is 46.8 Å².